The molecule has 0 aliphatic carbocycles. The SMILES string of the molecule is CSCC[C@H](N)C(=O)N[C@@H](CCC(N)=O)C(=O)N[C@@H](CS)C(=O)N[C@@H](CO)C(=O)N[C@@H](CC(N)=O)C(=O)O. The number of amides is 6. The predicted molar refractivity (Wildman–Crippen MR) is 140 cm³/mol. The van der Waals surface area contributed by atoms with Crippen LogP contribution in [-0.2, 0) is 33.6 Å². The summed E-state index contributed by atoms with van der Waals surface area (Å²) in [5.41, 5.74) is 15.9. The summed E-state index contributed by atoms with van der Waals surface area (Å²) in [5.74, 6) is -6.67. The van der Waals surface area contributed by atoms with E-state index in [1.54, 1.807) is 0 Å². The van der Waals surface area contributed by atoms with E-state index in [0.29, 0.717) is 12.2 Å². The fourth-order valence-electron chi connectivity index (χ4n) is 2.82. The number of aliphatic carboxylic acids is 1. The first kappa shape index (κ1) is 34.9. The molecule has 0 aromatic rings. The molecule has 18 heteroatoms. The number of aliphatic hydroxyl groups excluding tert-OH is 1. The van der Waals surface area contributed by atoms with Crippen LogP contribution < -0.4 is 38.5 Å². The third-order valence-corrected chi connectivity index (χ3v) is 5.94. The minimum atomic E-state index is -1.71. The van der Waals surface area contributed by atoms with Crippen molar-refractivity contribution in [1.29, 1.82) is 0 Å². The number of rotatable bonds is 19. The monoisotopic (exact) mass is 581 g/mol. The Hall–Kier alpha value is -3.09. The number of primary amides is 2. The topological polar surface area (TPSA) is 286 Å². The lowest BCUT2D eigenvalue weighted by Gasteiger charge is -2.25. The van der Waals surface area contributed by atoms with Gasteiger partial charge < -0.3 is 48.7 Å². The quantitative estimate of drug-likeness (QED) is 0.0645. The molecular formula is C20H35N7O9S2. The number of carbonyl (C=O) groups is 7. The van der Waals surface area contributed by atoms with Crippen LogP contribution in [0, 0.1) is 0 Å². The molecule has 0 saturated heterocycles. The molecule has 0 aliphatic rings. The van der Waals surface area contributed by atoms with Crippen molar-refractivity contribution in [3.63, 3.8) is 0 Å². The zero-order chi connectivity index (χ0) is 29.4. The summed E-state index contributed by atoms with van der Waals surface area (Å²) in [5, 5.41) is 27.5. The summed E-state index contributed by atoms with van der Waals surface area (Å²) >= 11 is 5.46. The molecule has 6 amide bonds. The number of carbonyl (C=O) groups excluding carboxylic acids is 6. The molecule has 216 valence electrons. The molecule has 0 unspecified atom stereocenters. The summed E-state index contributed by atoms with van der Waals surface area (Å²) in [7, 11) is 0. The summed E-state index contributed by atoms with van der Waals surface area (Å²) in [6.45, 7) is -0.959. The third kappa shape index (κ3) is 13.5. The highest BCUT2D eigenvalue weighted by atomic mass is 32.2. The minimum Gasteiger partial charge on any atom is -0.480 e. The molecule has 0 aliphatic heterocycles. The van der Waals surface area contributed by atoms with E-state index in [2.05, 4.69) is 28.6 Å². The van der Waals surface area contributed by atoms with E-state index in [0.717, 1.165) is 0 Å². The van der Waals surface area contributed by atoms with Crippen LogP contribution in [0.2, 0.25) is 0 Å². The molecule has 0 aromatic carbocycles. The van der Waals surface area contributed by atoms with Crippen molar-refractivity contribution in [2.45, 2.75) is 55.9 Å². The lowest BCUT2D eigenvalue weighted by molar-refractivity contribution is -0.144. The Bertz CT molecular complexity index is 878. The van der Waals surface area contributed by atoms with Crippen molar-refractivity contribution >= 4 is 65.8 Å². The van der Waals surface area contributed by atoms with E-state index in [1.807, 2.05) is 11.6 Å². The van der Waals surface area contributed by atoms with Gasteiger partial charge >= 0.3 is 5.97 Å². The van der Waals surface area contributed by atoms with Gasteiger partial charge in [0.1, 0.15) is 24.2 Å². The van der Waals surface area contributed by atoms with E-state index in [1.165, 1.54) is 11.8 Å². The maximum atomic E-state index is 12.8. The predicted octanol–water partition coefficient (Wildman–Crippen LogP) is -4.85. The smallest absolute Gasteiger partial charge is 0.326 e. The molecule has 0 rings (SSSR count). The Balaban J connectivity index is 5.41. The van der Waals surface area contributed by atoms with Gasteiger partial charge in [0.25, 0.3) is 0 Å². The average molecular weight is 582 g/mol. The van der Waals surface area contributed by atoms with Gasteiger partial charge in [-0.3, -0.25) is 28.8 Å². The number of carboxylic acids is 1. The molecule has 0 radical (unpaired) electrons. The van der Waals surface area contributed by atoms with Crippen molar-refractivity contribution in [1.82, 2.24) is 21.3 Å². The van der Waals surface area contributed by atoms with Crippen LogP contribution in [0.5, 0.6) is 0 Å². The Morgan fingerprint density at radius 3 is 1.76 bits per heavy atom. The minimum absolute atomic E-state index is 0.193. The largest absolute Gasteiger partial charge is 0.480 e. The first-order valence-electron chi connectivity index (χ1n) is 11.2. The van der Waals surface area contributed by atoms with Crippen LogP contribution in [0.1, 0.15) is 25.7 Å². The Kier molecular flexibility index (Phi) is 16.7. The van der Waals surface area contributed by atoms with Gasteiger partial charge in [0.2, 0.25) is 35.4 Å². The van der Waals surface area contributed by atoms with Crippen molar-refractivity contribution < 1.29 is 43.8 Å². The van der Waals surface area contributed by atoms with Crippen LogP contribution >= 0.6 is 24.4 Å². The van der Waals surface area contributed by atoms with Gasteiger partial charge in [-0.2, -0.15) is 24.4 Å². The second-order valence-electron chi connectivity index (χ2n) is 8.01. The van der Waals surface area contributed by atoms with E-state index < -0.39 is 84.6 Å². The van der Waals surface area contributed by atoms with Crippen LogP contribution in [0.25, 0.3) is 0 Å². The fourth-order valence-corrected chi connectivity index (χ4v) is 3.56. The molecule has 0 saturated carbocycles. The summed E-state index contributed by atoms with van der Waals surface area (Å²) in [4.78, 5) is 83.7. The van der Waals surface area contributed by atoms with Crippen molar-refractivity contribution in [2.24, 2.45) is 17.2 Å². The number of aliphatic hydroxyl groups is 1. The van der Waals surface area contributed by atoms with Crippen molar-refractivity contribution in [2.75, 3.05) is 24.4 Å². The number of thioether (sulfide) groups is 1. The first-order chi connectivity index (χ1) is 17.8. The molecule has 12 N–H and O–H groups in total. The zero-order valence-corrected chi connectivity index (χ0v) is 22.4. The van der Waals surface area contributed by atoms with Gasteiger partial charge in [-0.15, -0.1) is 0 Å². The zero-order valence-electron chi connectivity index (χ0n) is 20.7. The van der Waals surface area contributed by atoms with E-state index >= 15 is 0 Å². The van der Waals surface area contributed by atoms with Crippen LogP contribution in [0.3, 0.4) is 0 Å². The number of nitrogens with two attached hydrogens (primary N) is 3. The molecule has 0 heterocycles. The molecule has 0 fully saturated rings. The lowest BCUT2D eigenvalue weighted by Crippen LogP contribution is -2.59. The van der Waals surface area contributed by atoms with Gasteiger partial charge in [-0.05, 0) is 24.9 Å². The van der Waals surface area contributed by atoms with E-state index in [4.69, 9.17) is 22.3 Å². The van der Waals surface area contributed by atoms with Gasteiger partial charge in [-0.25, -0.2) is 4.79 Å². The molecular weight excluding hydrogens is 546 g/mol. The Morgan fingerprint density at radius 2 is 1.29 bits per heavy atom. The highest BCUT2D eigenvalue weighted by Gasteiger charge is 2.31. The lowest BCUT2D eigenvalue weighted by atomic mass is 10.1. The van der Waals surface area contributed by atoms with Gasteiger partial charge in [-0.1, -0.05) is 0 Å². The standard InChI is InChI=1S/C20H35N7O9S2/c1-38-5-4-9(21)16(31)24-10(2-3-14(22)29)17(32)27-13(8-37)19(34)26-12(7-28)18(33)25-11(20(35)36)6-15(23)30/h9-13,28,37H,2-8,21H2,1H3,(H2,22,29)(H2,23,30)(H,24,31)(H,25,33)(H,26,34)(H,27,32)(H,35,36)/t9-,10-,11-,12-,13-/m0/s1. The Labute approximate surface area is 228 Å². The molecule has 38 heavy (non-hydrogen) atoms. The number of hydrogen-bond donors (Lipinski definition) is 10. The summed E-state index contributed by atoms with van der Waals surface area (Å²) in [6.07, 6.45) is 0.959. The maximum Gasteiger partial charge on any atom is 0.326 e. The Morgan fingerprint density at radius 1 is 0.789 bits per heavy atom. The number of carboxylic acid groups (broad SMARTS) is 1. The van der Waals surface area contributed by atoms with Gasteiger partial charge in [0.15, 0.2) is 0 Å². The van der Waals surface area contributed by atoms with Crippen LogP contribution in [0.4, 0.5) is 0 Å². The van der Waals surface area contributed by atoms with E-state index in [-0.39, 0.29) is 18.6 Å². The number of nitrogens with one attached hydrogen (secondary N) is 4. The first-order valence-corrected chi connectivity index (χ1v) is 13.3. The second kappa shape index (κ2) is 18.2. The number of hydrogen-bond acceptors (Lipinski definition) is 11. The maximum absolute atomic E-state index is 12.8. The molecule has 5 atom stereocenters. The average Bonchev–Trinajstić information content (AvgIpc) is 2.84. The second-order valence-corrected chi connectivity index (χ2v) is 9.36. The van der Waals surface area contributed by atoms with Crippen molar-refractivity contribution in [3.05, 3.63) is 0 Å². The molecule has 16 nitrogen and oxygen atoms in total. The molecule has 0 spiro atoms. The summed E-state index contributed by atoms with van der Waals surface area (Å²) in [6, 6.07) is -6.96. The fraction of sp³-hybridized carbons (Fsp3) is 0.650. The van der Waals surface area contributed by atoms with Crippen LogP contribution in [0.15, 0.2) is 0 Å². The van der Waals surface area contributed by atoms with Gasteiger partial charge in [0.05, 0.1) is 19.1 Å². The molecule has 0 aromatic heterocycles. The molecule has 0 bridgehead atoms. The van der Waals surface area contributed by atoms with Crippen molar-refractivity contribution in [3.8, 4) is 0 Å². The normalized spacial score (nSPS) is 14.6. The highest BCUT2D eigenvalue weighted by Crippen LogP contribution is 2.04. The highest BCUT2D eigenvalue weighted by molar-refractivity contribution is 7.98. The van der Waals surface area contributed by atoms with E-state index in [9.17, 15) is 38.7 Å². The van der Waals surface area contributed by atoms with Crippen LogP contribution in [-0.4, -0.2) is 106 Å². The third-order valence-electron chi connectivity index (χ3n) is 4.93. The number of thiol groups is 1. The summed E-state index contributed by atoms with van der Waals surface area (Å²) < 4.78 is 0. The van der Waals surface area contributed by atoms with Gasteiger partial charge in [0, 0.05) is 12.2 Å².